The summed E-state index contributed by atoms with van der Waals surface area (Å²) in [7, 11) is 0. The lowest BCUT2D eigenvalue weighted by Crippen LogP contribution is -2.45. The second-order valence-electron chi connectivity index (χ2n) is 14.7. The first-order chi connectivity index (χ1) is 22.3. The molecule has 222 valence electrons. The second-order valence-corrected chi connectivity index (χ2v) is 14.7. The van der Waals surface area contributed by atoms with Crippen LogP contribution < -0.4 is 0 Å². The summed E-state index contributed by atoms with van der Waals surface area (Å²) in [5, 5.41) is 2.75. The van der Waals surface area contributed by atoms with E-state index in [-0.39, 0.29) is 0 Å². The van der Waals surface area contributed by atoms with Gasteiger partial charge in [-0.25, -0.2) is 0 Å². The van der Waals surface area contributed by atoms with Gasteiger partial charge in [0.15, 0.2) is 0 Å². The number of aromatic nitrogens is 2. The van der Waals surface area contributed by atoms with Crippen LogP contribution in [-0.2, 0) is 0 Å². The Hall–Kier alpha value is -4.30. The molecular weight excluding hydrogens is 544 g/mol. The van der Waals surface area contributed by atoms with E-state index in [0.717, 1.165) is 36.0 Å². The SMILES string of the molecule is C1=C(C2C3CC4CC(C3)CC2C4)CC(c2c(-c3ccccc3)[nH]c3ccccc23)C1c1c(-c2ccccc2)[nH]c2ccccc12. The zero-order valence-corrected chi connectivity index (χ0v) is 25.8. The lowest BCUT2D eigenvalue weighted by atomic mass is 9.50. The number of aromatic amines is 2. The number of benzene rings is 4. The molecule has 45 heavy (non-hydrogen) atoms. The average Bonchev–Trinajstić information content (AvgIpc) is 3.78. The highest BCUT2D eigenvalue weighted by Crippen LogP contribution is 2.62. The molecule has 2 heteroatoms. The molecule has 2 atom stereocenters. The van der Waals surface area contributed by atoms with E-state index in [0.29, 0.717) is 11.8 Å². The number of para-hydroxylation sites is 2. The standard InChI is InChI=1S/C43H40N2/c1-3-11-28(12-4-1)42-40(33-15-7-9-17-37(33)44-42)35-24-32(39-30-20-26-19-27(22-30)23-31(39)21-26)25-36(35)41-34-16-8-10-18-38(34)45-43(41)29-13-5-2-6-14-29/h1-18,24,26-27,30-31,35-36,39,44-45H,19-23,25H2. The Kier molecular flexibility index (Phi) is 5.83. The highest BCUT2D eigenvalue weighted by atomic mass is 14.7. The van der Waals surface area contributed by atoms with E-state index in [1.165, 1.54) is 87.6 Å². The van der Waals surface area contributed by atoms with E-state index < -0.39 is 0 Å². The van der Waals surface area contributed by atoms with Crippen molar-refractivity contribution in [3.63, 3.8) is 0 Å². The second kappa shape index (κ2) is 10.1. The molecule has 5 aliphatic carbocycles. The van der Waals surface area contributed by atoms with E-state index in [1.807, 2.05) is 0 Å². The fraction of sp³-hybridized carbons (Fsp3) is 0.302. The summed E-state index contributed by atoms with van der Waals surface area (Å²) in [5.41, 5.74) is 12.4. The molecule has 0 spiro atoms. The minimum atomic E-state index is 0.296. The fourth-order valence-corrected chi connectivity index (χ4v) is 10.9. The summed E-state index contributed by atoms with van der Waals surface area (Å²) in [6, 6.07) is 40.2. The largest absolute Gasteiger partial charge is 0.354 e. The zero-order chi connectivity index (χ0) is 29.5. The molecule has 4 aromatic carbocycles. The molecule has 4 bridgehead atoms. The van der Waals surface area contributed by atoms with Crippen LogP contribution in [0.15, 0.2) is 121 Å². The van der Waals surface area contributed by atoms with E-state index in [4.69, 9.17) is 0 Å². The van der Waals surface area contributed by atoms with Gasteiger partial charge >= 0.3 is 0 Å². The molecule has 2 N–H and O–H groups in total. The third-order valence-corrected chi connectivity index (χ3v) is 12.3. The van der Waals surface area contributed by atoms with Crippen LogP contribution in [0.4, 0.5) is 0 Å². The van der Waals surface area contributed by atoms with Gasteiger partial charge in [0, 0.05) is 33.6 Å². The predicted octanol–water partition coefficient (Wildman–Crippen LogP) is 11.3. The van der Waals surface area contributed by atoms with Gasteiger partial charge in [0.2, 0.25) is 0 Å². The van der Waals surface area contributed by atoms with Crippen molar-refractivity contribution in [2.75, 3.05) is 0 Å². The van der Waals surface area contributed by atoms with E-state index in [1.54, 1.807) is 5.57 Å². The van der Waals surface area contributed by atoms with Gasteiger partial charge in [-0.05, 0) is 103 Å². The lowest BCUT2D eigenvalue weighted by Gasteiger charge is -2.55. The number of allylic oxidation sites excluding steroid dienone is 2. The van der Waals surface area contributed by atoms with Crippen molar-refractivity contribution < 1.29 is 0 Å². The molecule has 0 saturated heterocycles. The van der Waals surface area contributed by atoms with Gasteiger partial charge in [-0.3, -0.25) is 0 Å². The highest BCUT2D eigenvalue weighted by molar-refractivity contribution is 5.94. The van der Waals surface area contributed by atoms with Crippen LogP contribution in [0.3, 0.4) is 0 Å². The molecule has 2 heterocycles. The van der Waals surface area contributed by atoms with Gasteiger partial charge in [-0.1, -0.05) is 109 Å². The maximum absolute atomic E-state index is 3.92. The maximum Gasteiger partial charge on any atom is 0.0503 e. The molecule has 11 rings (SSSR count). The third-order valence-electron chi connectivity index (χ3n) is 12.3. The number of H-pyrrole nitrogens is 2. The van der Waals surface area contributed by atoms with Crippen LogP contribution in [0, 0.1) is 29.6 Å². The molecule has 2 aromatic heterocycles. The molecule has 0 amide bonds. The molecule has 2 unspecified atom stereocenters. The smallest absolute Gasteiger partial charge is 0.0503 e. The minimum absolute atomic E-state index is 0.296. The van der Waals surface area contributed by atoms with Crippen LogP contribution in [-0.4, -0.2) is 9.97 Å². The van der Waals surface area contributed by atoms with Gasteiger partial charge in [-0.15, -0.1) is 0 Å². The van der Waals surface area contributed by atoms with E-state index in [9.17, 15) is 0 Å². The van der Waals surface area contributed by atoms with E-state index in [2.05, 4.69) is 125 Å². The van der Waals surface area contributed by atoms with Crippen LogP contribution in [0.25, 0.3) is 44.3 Å². The number of fused-ring (bicyclic) bond motifs is 2. The number of rotatable bonds is 5. The first kappa shape index (κ1) is 26.0. The topological polar surface area (TPSA) is 31.6 Å². The van der Waals surface area contributed by atoms with Crippen LogP contribution in [0.5, 0.6) is 0 Å². The Bertz CT molecular complexity index is 2030. The maximum atomic E-state index is 3.92. The van der Waals surface area contributed by atoms with Crippen LogP contribution in [0.1, 0.15) is 61.5 Å². The van der Waals surface area contributed by atoms with Crippen molar-refractivity contribution in [3.05, 3.63) is 132 Å². The zero-order valence-electron chi connectivity index (χ0n) is 25.8. The predicted molar refractivity (Wildman–Crippen MR) is 186 cm³/mol. The summed E-state index contributed by atoms with van der Waals surface area (Å²) in [6.45, 7) is 0. The highest BCUT2D eigenvalue weighted by Gasteiger charge is 2.51. The summed E-state index contributed by atoms with van der Waals surface area (Å²) in [6.07, 6.45) is 11.3. The molecule has 2 nitrogen and oxygen atoms in total. The van der Waals surface area contributed by atoms with Crippen molar-refractivity contribution in [3.8, 4) is 22.5 Å². The molecule has 0 aliphatic heterocycles. The third kappa shape index (κ3) is 4.07. The normalized spacial score (nSPS) is 28.7. The molecular formula is C43H40N2. The Morgan fingerprint density at radius 1 is 0.489 bits per heavy atom. The van der Waals surface area contributed by atoms with Crippen LogP contribution in [0.2, 0.25) is 0 Å². The fourth-order valence-electron chi connectivity index (χ4n) is 10.9. The molecule has 5 aliphatic rings. The number of hydrogen-bond acceptors (Lipinski definition) is 0. The summed E-state index contributed by atoms with van der Waals surface area (Å²) < 4.78 is 0. The first-order valence-electron chi connectivity index (χ1n) is 17.3. The first-order valence-corrected chi connectivity index (χ1v) is 17.3. The molecule has 6 aromatic rings. The Morgan fingerprint density at radius 3 is 1.56 bits per heavy atom. The monoisotopic (exact) mass is 584 g/mol. The van der Waals surface area contributed by atoms with Gasteiger partial charge < -0.3 is 9.97 Å². The van der Waals surface area contributed by atoms with Crippen molar-refractivity contribution in [1.29, 1.82) is 0 Å². The number of nitrogens with one attached hydrogen (secondary N) is 2. The molecule has 4 fully saturated rings. The Labute approximate surface area is 265 Å². The van der Waals surface area contributed by atoms with Crippen molar-refractivity contribution in [1.82, 2.24) is 9.97 Å². The quantitative estimate of drug-likeness (QED) is 0.189. The summed E-state index contributed by atoms with van der Waals surface area (Å²) >= 11 is 0. The number of hydrogen-bond donors (Lipinski definition) is 2. The summed E-state index contributed by atoms with van der Waals surface area (Å²) in [4.78, 5) is 7.84. The average molecular weight is 585 g/mol. The van der Waals surface area contributed by atoms with Crippen molar-refractivity contribution in [2.24, 2.45) is 29.6 Å². The minimum Gasteiger partial charge on any atom is -0.354 e. The Balaban J connectivity index is 1.21. The van der Waals surface area contributed by atoms with Gasteiger partial charge in [0.05, 0.1) is 11.4 Å². The van der Waals surface area contributed by atoms with Crippen molar-refractivity contribution >= 4 is 21.8 Å². The van der Waals surface area contributed by atoms with Gasteiger partial charge in [-0.2, -0.15) is 0 Å². The van der Waals surface area contributed by atoms with Crippen LogP contribution >= 0.6 is 0 Å². The lowest BCUT2D eigenvalue weighted by molar-refractivity contribution is -0.0216. The summed E-state index contributed by atoms with van der Waals surface area (Å²) in [5.74, 6) is 5.19. The van der Waals surface area contributed by atoms with Gasteiger partial charge in [0.25, 0.3) is 0 Å². The van der Waals surface area contributed by atoms with E-state index >= 15 is 0 Å². The molecule has 4 saturated carbocycles. The molecule has 0 radical (unpaired) electrons. The Morgan fingerprint density at radius 2 is 0.978 bits per heavy atom. The van der Waals surface area contributed by atoms with Crippen molar-refractivity contribution in [2.45, 2.75) is 50.4 Å². The van der Waals surface area contributed by atoms with Gasteiger partial charge in [0.1, 0.15) is 0 Å².